The smallest absolute Gasteiger partial charge is 0.273 e. The third kappa shape index (κ3) is 5.07. The van der Waals surface area contributed by atoms with Gasteiger partial charge in [-0.1, -0.05) is 54.9 Å². The lowest BCUT2D eigenvalue weighted by molar-refractivity contribution is -0.385. The lowest BCUT2D eigenvalue weighted by atomic mass is 10.1. The fraction of sp³-hybridized carbons (Fsp3) is 0.300. The van der Waals surface area contributed by atoms with Crippen LogP contribution >= 0.6 is 11.6 Å². The van der Waals surface area contributed by atoms with Gasteiger partial charge in [-0.3, -0.25) is 19.7 Å². The Labute approximate surface area is 168 Å². The number of carbonyl (C=O) groups is 2. The fourth-order valence-corrected chi connectivity index (χ4v) is 3.19. The molecular formula is C20H22ClN3O4. The molecule has 2 rings (SSSR count). The van der Waals surface area contributed by atoms with E-state index in [2.05, 4.69) is 5.32 Å². The van der Waals surface area contributed by atoms with Gasteiger partial charge in [0.1, 0.15) is 6.04 Å². The van der Waals surface area contributed by atoms with Gasteiger partial charge in [0.2, 0.25) is 11.8 Å². The van der Waals surface area contributed by atoms with E-state index in [1.54, 1.807) is 49.4 Å². The van der Waals surface area contributed by atoms with Crippen molar-refractivity contribution in [2.75, 3.05) is 7.05 Å². The molecule has 0 aliphatic rings. The second kappa shape index (κ2) is 9.85. The van der Waals surface area contributed by atoms with E-state index in [-0.39, 0.29) is 30.5 Å². The van der Waals surface area contributed by atoms with Crippen LogP contribution in [0.3, 0.4) is 0 Å². The topological polar surface area (TPSA) is 92.6 Å². The summed E-state index contributed by atoms with van der Waals surface area (Å²) in [6.07, 6.45) is 0.210. The molecule has 0 aliphatic carbocycles. The molecule has 7 nitrogen and oxygen atoms in total. The van der Waals surface area contributed by atoms with Crippen molar-refractivity contribution in [2.24, 2.45) is 0 Å². The molecule has 2 amide bonds. The molecule has 0 aliphatic heterocycles. The van der Waals surface area contributed by atoms with Crippen molar-refractivity contribution >= 4 is 29.1 Å². The molecule has 0 aromatic heterocycles. The molecule has 148 valence electrons. The third-order valence-corrected chi connectivity index (χ3v) is 4.83. The van der Waals surface area contributed by atoms with E-state index >= 15 is 0 Å². The van der Waals surface area contributed by atoms with E-state index in [0.717, 1.165) is 0 Å². The zero-order chi connectivity index (χ0) is 20.7. The van der Waals surface area contributed by atoms with Crippen molar-refractivity contribution in [2.45, 2.75) is 32.4 Å². The Kier molecular flexibility index (Phi) is 7.52. The standard InChI is InChI=1S/C20H22ClN3O4/c1-3-17(20(26)22-2)23(13-15-9-4-6-10-16(15)21)19(25)12-14-8-5-7-11-18(14)24(27)28/h4-11,17H,3,12-13H2,1-2H3,(H,22,26)/t17-/m0/s1. The second-order valence-corrected chi connectivity index (χ2v) is 6.62. The van der Waals surface area contributed by atoms with E-state index in [1.807, 2.05) is 0 Å². The summed E-state index contributed by atoms with van der Waals surface area (Å²) in [4.78, 5) is 37.6. The number of nitro benzene ring substituents is 1. The van der Waals surface area contributed by atoms with Gasteiger partial charge in [0, 0.05) is 30.2 Å². The lowest BCUT2D eigenvalue weighted by Gasteiger charge is -2.30. The van der Waals surface area contributed by atoms with Crippen LogP contribution in [-0.2, 0) is 22.6 Å². The van der Waals surface area contributed by atoms with E-state index in [1.165, 1.54) is 18.0 Å². The first-order chi connectivity index (χ1) is 13.4. The molecular weight excluding hydrogens is 382 g/mol. The fourth-order valence-electron chi connectivity index (χ4n) is 3.00. The first kappa shape index (κ1) is 21.4. The molecule has 1 N–H and O–H groups in total. The number of nitrogens with zero attached hydrogens (tertiary/aromatic N) is 2. The lowest BCUT2D eigenvalue weighted by Crippen LogP contribution is -2.48. The average Bonchev–Trinajstić information content (AvgIpc) is 2.69. The highest BCUT2D eigenvalue weighted by atomic mass is 35.5. The van der Waals surface area contributed by atoms with E-state index in [4.69, 9.17) is 11.6 Å². The predicted octanol–water partition coefficient (Wildman–Crippen LogP) is 3.34. The van der Waals surface area contributed by atoms with Gasteiger partial charge >= 0.3 is 0 Å². The van der Waals surface area contributed by atoms with Crippen LogP contribution in [-0.4, -0.2) is 34.7 Å². The van der Waals surface area contributed by atoms with Crippen LogP contribution in [0.4, 0.5) is 5.69 Å². The molecule has 0 saturated heterocycles. The summed E-state index contributed by atoms with van der Waals surface area (Å²) in [7, 11) is 1.51. The molecule has 0 spiro atoms. The highest BCUT2D eigenvalue weighted by Gasteiger charge is 2.29. The van der Waals surface area contributed by atoms with Gasteiger partial charge < -0.3 is 10.2 Å². The van der Waals surface area contributed by atoms with Gasteiger partial charge in [-0.2, -0.15) is 0 Å². The molecule has 0 saturated carbocycles. The number of likely N-dealkylation sites (N-methyl/N-ethyl adjacent to an activating group) is 1. The van der Waals surface area contributed by atoms with Crippen molar-refractivity contribution in [3.05, 3.63) is 74.8 Å². The first-order valence-electron chi connectivity index (χ1n) is 8.85. The summed E-state index contributed by atoms with van der Waals surface area (Å²) in [5, 5.41) is 14.3. The molecule has 8 heteroatoms. The molecule has 2 aromatic rings. The number of rotatable bonds is 8. The summed E-state index contributed by atoms with van der Waals surface area (Å²) >= 11 is 6.23. The Morgan fingerprint density at radius 2 is 1.75 bits per heavy atom. The van der Waals surface area contributed by atoms with Crippen LogP contribution in [0.25, 0.3) is 0 Å². The van der Waals surface area contributed by atoms with E-state index < -0.39 is 11.0 Å². The molecule has 0 unspecified atom stereocenters. The number of amides is 2. The molecule has 0 fully saturated rings. The Hall–Kier alpha value is -2.93. The first-order valence-corrected chi connectivity index (χ1v) is 9.23. The van der Waals surface area contributed by atoms with E-state index in [9.17, 15) is 19.7 Å². The number of nitro groups is 1. The highest BCUT2D eigenvalue weighted by molar-refractivity contribution is 6.31. The highest BCUT2D eigenvalue weighted by Crippen LogP contribution is 2.23. The van der Waals surface area contributed by atoms with Gasteiger partial charge in [-0.25, -0.2) is 0 Å². The van der Waals surface area contributed by atoms with Crippen molar-refractivity contribution in [1.82, 2.24) is 10.2 Å². The quantitative estimate of drug-likeness (QED) is 0.540. The number of hydrogen-bond acceptors (Lipinski definition) is 4. The number of benzene rings is 2. The minimum absolute atomic E-state index is 0.124. The summed E-state index contributed by atoms with van der Waals surface area (Å²) in [5.74, 6) is -0.685. The van der Waals surface area contributed by atoms with Crippen molar-refractivity contribution in [3.8, 4) is 0 Å². The number of carbonyl (C=O) groups excluding carboxylic acids is 2. The monoisotopic (exact) mass is 403 g/mol. The third-order valence-electron chi connectivity index (χ3n) is 4.46. The molecule has 0 bridgehead atoms. The average molecular weight is 404 g/mol. The summed E-state index contributed by atoms with van der Waals surface area (Å²) in [6.45, 7) is 1.93. The van der Waals surface area contributed by atoms with Crippen molar-refractivity contribution < 1.29 is 14.5 Å². The SMILES string of the molecule is CC[C@@H](C(=O)NC)N(Cc1ccccc1Cl)C(=O)Cc1ccccc1[N+](=O)[O-]. The van der Waals surface area contributed by atoms with Gasteiger partial charge in [0.15, 0.2) is 0 Å². The summed E-state index contributed by atoms with van der Waals surface area (Å²) in [5.41, 5.74) is 0.873. The minimum Gasteiger partial charge on any atom is -0.357 e. The van der Waals surface area contributed by atoms with Gasteiger partial charge in [0.05, 0.1) is 11.3 Å². The maximum atomic E-state index is 13.1. The largest absolute Gasteiger partial charge is 0.357 e. The second-order valence-electron chi connectivity index (χ2n) is 6.21. The number of nitrogens with one attached hydrogen (secondary N) is 1. The van der Waals surface area contributed by atoms with E-state index in [0.29, 0.717) is 22.6 Å². The normalized spacial score (nSPS) is 11.5. The zero-order valence-corrected chi connectivity index (χ0v) is 16.5. The Morgan fingerprint density at radius 3 is 2.32 bits per heavy atom. The van der Waals surface area contributed by atoms with Crippen LogP contribution in [0.1, 0.15) is 24.5 Å². The molecule has 0 heterocycles. The maximum Gasteiger partial charge on any atom is 0.273 e. The van der Waals surface area contributed by atoms with Gasteiger partial charge in [-0.15, -0.1) is 0 Å². The Bertz CT molecular complexity index is 872. The molecule has 1 atom stereocenters. The van der Waals surface area contributed by atoms with Gasteiger partial charge in [0.25, 0.3) is 5.69 Å². The summed E-state index contributed by atoms with van der Waals surface area (Å²) in [6, 6.07) is 12.5. The molecule has 28 heavy (non-hydrogen) atoms. The summed E-state index contributed by atoms with van der Waals surface area (Å²) < 4.78 is 0. The van der Waals surface area contributed by atoms with Crippen LogP contribution < -0.4 is 5.32 Å². The number of halogens is 1. The Balaban J connectivity index is 2.37. The Morgan fingerprint density at radius 1 is 1.14 bits per heavy atom. The predicted molar refractivity (Wildman–Crippen MR) is 107 cm³/mol. The van der Waals surface area contributed by atoms with Crippen molar-refractivity contribution in [3.63, 3.8) is 0 Å². The number of hydrogen-bond donors (Lipinski definition) is 1. The van der Waals surface area contributed by atoms with Crippen LogP contribution in [0.2, 0.25) is 5.02 Å². The van der Waals surface area contributed by atoms with Crippen LogP contribution in [0, 0.1) is 10.1 Å². The number of para-hydroxylation sites is 1. The maximum absolute atomic E-state index is 13.1. The molecule has 2 aromatic carbocycles. The van der Waals surface area contributed by atoms with Crippen LogP contribution in [0.5, 0.6) is 0 Å². The van der Waals surface area contributed by atoms with Crippen LogP contribution in [0.15, 0.2) is 48.5 Å². The van der Waals surface area contributed by atoms with Gasteiger partial charge in [-0.05, 0) is 18.1 Å². The molecule has 0 radical (unpaired) electrons. The van der Waals surface area contributed by atoms with Crippen molar-refractivity contribution in [1.29, 1.82) is 0 Å². The minimum atomic E-state index is -0.712. The zero-order valence-electron chi connectivity index (χ0n) is 15.7.